The Bertz CT molecular complexity index is 603. The zero-order valence-corrected chi connectivity index (χ0v) is 11.2. The van der Waals surface area contributed by atoms with Crippen LogP contribution in [0.25, 0.3) is 0 Å². The predicted octanol–water partition coefficient (Wildman–Crippen LogP) is 3.41. The van der Waals surface area contributed by atoms with Crippen molar-refractivity contribution < 1.29 is 0 Å². The number of hydrogen-bond donors (Lipinski definition) is 1. The van der Waals surface area contributed by atoms with E-state index in [1.807, 2.05) is 24.3 Å². The first kappa shape index (κ1) is 12.5. The summed E-state index contributed by atoms with van der Waals surface area (Å²) >= 11 is 0. The minimum atomic E-state index is 0.875. The van der Waals surface area contributed by atoms with Crippen LogP contribution in [0.1, 0.15) is 5.56 Å². The molecule has 2 aromatic rings. The lowest BCUT2D eigenvalue weighted by Crippen LogP contribution is -2.20. The molecular weight excluding hydrogens is 246 g/mol. The fourth-order valence-corrected chi connectivity index (χ4v) is 2.14. The fraction of sp³-hybridized carbons (Fsp3) is 0.118. The van der Waals surface area contributed by atoms with Gasteiger partial charge in [0.15, 0.2) is 0 Å². The molecule has 0 radical (unpaired) electrons. The van der Waals surface area contributed by atoms with Crippen LogP contribution in [0.2, 0.25) is 0 Å². The molecule has 3 rings (SSSR count). The monoisotopic (exact) mass is 263 g/mol. The molecule has 3 heteroatoms. The minimum Gasteiger partial charge on any atom is -0.369 e. The van der Waals surface area contributed by atoms with E-state index in [4.69, 9.17) is 0 Å². The lowest BCUT2D eigenvalue weighted by molar-refractivity contribution is 0.404. The molecule has 0 saturated heterocycles. The number of hydrogen-bond acceptors (Lipinski definition) is 3. The van der Waals surface area contributed by atoms with E-state index in [2.05, 4.69) is 57.8 Å². The van der Waals surface area contributed by atoms with E-state index >= 15 is 0 Å². The van der Waals surface area contributed by atoms with Gasteiger partial charge in [0.1, 0.15) is 5.82 Å². The van der Waals surface area contributed by atoms with Gasteiger partial charge >= 0.3 is 0 Å². The largest absolute Gasteiger partial charge is 0.369 e. The highest BCUT2D eigenvalue weighted by atomic mass is 15.1. The van der Waals surface area contributed by atoms with E-state index in [1.165, 1.54) is 5.56 Å². The number of nitrogens with zero attached hydrogens (tertiary/aromatic N) is 2. The molecule has 0 amide bonds. The first-order valence-corrected chi connectivity index (χ1v) is 6.74. The molecule has 3 nitrogen and oxygen atoms in total. The third-order valence-corrected chi connectivity index (χ3v) is 3.18. The Morgan fingerprint density at radius 3 is 2.60 bits per heavy atom. The SMILES string of the molecule is C1=CN(Cc2ccccc2)CC=C1Nc1ccccn1. The van der Waals surface area contributed by atoms with Gasteiger partial charge in [-0.15, -0.1) is 0 Å². The van der Waals surface area contributed by atoms with Crippen LogP contribution in [0, 0.1) is 0 Å². The van der Waals surface area contributed by atoms with E-state index in [0.717, 1.165) is 24.6 Å². The molecule has 2 heterocycles. The summed E-state index contributed by atoms with van der Waals surface area (Å²) in [6, 6.07) is 16.4. The summed E-state index contributed by atoms with van der Waals surface area (Å²) in [5, 5.41) is 3.30. The number of nitrogens with one attached hydrogen (secondary N) is 1. The normalized spacial score (nSPS) is 14.0. The zero-order chi connectivity index (χ0) is 13.6. The third kappa shape index (κ3) is 3.26. The molecule has 1 aliphatic heterocycles. The molecule has 100 valence electrons. The first-order chi connectivity index (χ1) is 9.90. The molecule has 1 N–H and O–H groups in total. The van der Waals surface area contributed by atoms with Crippen LogP contribution in [0.3, 0.4) is 0 Å². The second kappa shape index (κ2) is 6.06. The van der Waals surface area contributed by atoms with Gasteiger partial charge in [0.2, 0.25) is 0 Å². The summed E-state index contributed by atoms with van der Waals surface area (Å²) in [4.78, 5) is 6.54. The topological polar surface area (TPSA) is 28.2 Å². The quantitative estimate of drug-likeness (QED) is 0.916. The minimum absolute atomic E-state index is 0.875. The standard InChI is InChI=1S/C17H17N3/c1-2-6-15(7-3-1)14-20-12-9-16(10-13-20)19-17-8-4-5-11-18-17/h1-12H,13-14H2,(H,18,19). The van der Waals surface area contributed by atoms with E-state index in [-0.39, 0.29) is 0 Å². The van der Waals surface area contributed by atoms with Crippen molar-refractivity contribution in [2.75, 3.05) is 11.9 Å². The molecule has 0 atom stereocenters. The van der Waals surface area contributed by atoms with Crippen LogP contribution in [-0.4, -0.2) is 16.4 Å². The van der Waals surface area contributed by atoms with Gasteiger partial charge in [0, 0.05) is 31.2 Å². The lowest BCUT2D eigenvalue weighted by atomic mass is 10.2. The van der Waals surface area contributed by atoms with Crippen molar-refractivity contribution in [1.82, 2.24) is 9.88 Å². The fourth-order valence-electron chi connectivity index (χ4n) is 2.14. The molecular formula is C17H17N3. The Morgan fingerprint density at radius 1 is 1.05 bits per heavy atom. The summed E-state index contributed by atoms with van der Waals surface area (Å²) in [5.41, 5.74) is 2.42. The third-order valence-electron chi connectivity index (χ3n) is 3.18. The number of aromatic nitrogens is 1. The van der Waals surface area contributed by atoms with Crippen LogP contribution < -0.4 is 5.32 Å². The number of benzene rings is 1. The average Bonchev–Trinajstić information content (AvgIpc) is 2.51. The van der Waals surface area contributed by atoms with Crippen molar-refractivity contribution in [2.24, 2.45) is 0 Å². The summed E-state index contributed by atoms with van der Waals surface area (Å²) < 4.78 is 0. The highest BCUT2D eigenvalue weighted by Crippen LogP contribution is 2.13. The van der Waals surface area contributed by atoms with Crippen LogP contribution in [-0.2, 0) is 6.54 Å². The summed E-state index contributed by atoms with van der Waals surface area (Å²) in [7, 11) is 0. The van der Waals surface area contributed by atoms with Crippen molar-refractivity contribution in [3.63, 3.8) is 0 Å². The maximum absolute atomic E-state index is 4.26. The van der Waals surface area contributed by atoms with Gasteiger partial charge in [-0.2, -0.15) is 0 Å². The predicted molar refractivity (Wildman–Crippen MR) is 81.9 cm³/mol. The van der Waals surface area contributed by atoms with Gasteiger partial charge < -0.3 is 10.2 Å². The van der Waals surface area contributed by atoms with Crippen molar-refractivity contribution in [1.29, 1.82) is 0 Å². The van der Waals surface area contributed by atoms with Gasteiger partial charge in [-0.25, -0.2) is 4.98 Å². The molecule has 0 bridgehead atoms. The molecule has 1 aromatic heterocycles. The Balaban J connectivity index is 1.57. The number of anilines is 1. The second-order valence-electron chi connectivity index (χ2n) is 4.73. The van der Waals surface area contributed by atoms with E-state index in [0.29, 0.717) is 0 Å². The highest BCUT2D eigenvalue weighted by molar-refractivity contribution is 5.45. The van der Waals surface area contributed by atoms with Crippen molar-refractivity contribution in [3.05, 3.63) is 84.3 Å². The van der Waals surface area contributed by atoms with E-state index < -0.39 is 0 Å². The Labute approximate surface area is 119 Å². The first-order valence-electron chi connectivity index (χ1n) is 6.74. The van der Waals surface area contributed by atoms with Crippen LogP contribution in [0.4, 0.5) is 5.82 Å². The van der Waals surface area contributed by atoms with Crippen molar-refractivity contribution in [3.8, 4) is 0 Å². The number of rotatable bonds is 4. The summed E-state index contributed by atoms with van der Waals surface area (Å²) in [5.74, 6) is 0.875. The van der Waals surface area contributed by atoms with E-state index in [1.54, 1.807) is 6.20 Å². The number of pyridine rings is 1. The molecule has 20 heavy (non-hydrogen) atoms. The Kier molecular flexibility index (Phi) is 3.78. The maximum Gasteiger partial charge on any atom is 0.130 e. The second-order valence-corrected chi connectivity index (χ2v) is 4.73. The van der Waals surface area contributed by atoms with Gasteiger partial charge in [0.05, 0.1) is 0 Å². The molecule has 1 aliphatic rings. The van der Waals surface area contributed by atoms with Crippen molar-refractivity contribution >= 4 is 5.82 Å². The van der Waals surface area contributed by atoms with Crippen LogP contribution in [0.15, 0.2) is 78.8 Å². The van der Waals surface area contributed by atoms with E-state index in [9.17, 15) is 0 Å². The molecule has 0 aliphatic carbocycles. The van der Waals surface area contributed by atoms with Gasteiger partial charge in [-0.3, -0.25) is 0 Å². The molecule has 0 saturated carbocycles. The summed E-state index contributed by atoms with van der Waals surface area (Å²) in [6.07, 6.45) is 8.17. The van der Waals surface area contributed by atoms with Crippen LogP contribution in [0.5, 0.6) is 0 Å². The Morgan fingerprint density at radius 2 is 1.90 bits per heavy atom. The Hall–Kier alpha value is -2.55. The number of allylic oxidation sites excluding steroid dienone is 1. The van der Waals surface area contributed by atoms with Crippen molar-refractivity contribution in [2.45, 2.75) is 6.54 Å². The zero-order valence-electron chi connectivity index (χ0n) is 11.2. The lowest BCUT2D eigenvalue weighted by Gasteiger charge is -2.23. The molecule has 1 aromatic carbocycles. The molecule has 0 spiro atoms. The smallest absolute Gasteiger partial charge is 0.130 e. The van der Waals surface area contributed by atoms with Gasteiger partial charge in [0.25, 0.3) is 0 Å². The average molecular weight is 263 g/mol. The molecule has 0 fully saturated rings. The highest BCUT2D eigenvalue weighted by Gasteiger charge is 2.05. The molecule has 0 unspecified atom stereocenters. The van der Waals surface area contributed by atoms with Crippen LogP contribution >= 0.6 is 0 Å². The van der Waals surface area contributed by atoms with Gasteiger partial charge in [-0.1, -0.05) is 36.4 Å². The summed E-state index contributed by atoms with van der Waals surface area (Å²) in [6.45, 7) is 1.84. The van der Waals surface area contributed by atoms with Gasteiger partial charge in [-0.05, 0) is 29.8 Å². The maximum atomic E-state index is 4.26.